The van der Waals surface area contributed by atoms with Crippen LogP contribution in [0.25, 0.3) is 0 Å². The Morgan fingerprint density at radius 2 is 1.74 bits per heavy atom. The molecule has 1 N–H and O–H groups in total. The number of nitrogens with one attached hydrogen (secondary N) is 1. The zero-order valence-corrected chi connectivity index (χ0v) is 16.9. The average Bonchev–Trinajstić information content (AvgIpc) is 2.59. The molecule has 0 aromatic heterocycles. The van der Waals surface area contributed by atoms with E-state index < -0.39 is 5.60 Å². The van der Waals surface area contributed by atoms with Crippen LogP contribution in [0.1, 0.15) is 20.8 Å². The van der Waals surface area contributed by atoms with Gasteiger partial charge in [0.1, 0.15) is 18.0 Å². The van der Waals surface area contributed by atoms with E-state index in [9.17, 15) is 9.59 Å². The molecule has 2 rings (SSSR count). The molecule has 1 aliphatic rings. The van der Waals surface area contributed by atoms with Crippen molar-refractivity contribution >= 4 is 23.6 Å². The molecule has 1 aromatic rings. The quantitative estimate of drug-likeness (QED) is 0.746. The number of rotatable bonds is 6. The minimum Gasteiger partial charge on any atom is -0.492 e. The van der Waals surface area contributed by atoms with E-state index in [-0.39, 0.29) is 12.0 Å². The van der Waals surface area contributed by atoms with E-state index in [4.69, 9.17) is 21.1 Å². The number of benzene rings is 1. The number of piperazine rings is 1. The highest BCUT2D eigenvalue weighted by atomic mass is 35.5. The molecular formula is C19H28ClN3O4. The first-order valence-corrected chi connectivity index (χ1v) is 9.46. The maximum Gasteiger partial charge on any atom is 0.410 e. The molecule has 0 spiro atoms. The van der Waals surface area contributed by atoms with Gasteiger partial charge in [-0.3, -0.25) is 9.69 Å². The van der Waals surface area contributed by atoms with E-state index in [0.29, 0.717) is 56.6 Å². The van der Waals surface area contributed by atoms with Crippen LogP contribution in [0.5, 0.6) is 5.75 Å². The van der Waals surface area contributed by atoms with Crippen molar-refractivity contribution in [3.63, 3.8) is 0 Å². The summed E-state index contributed by atoms with van der Waals surface area (Å²) in [5, 5.41) is 3.49. The van der Waals surface area contributed by atoms with Gasteiger partial charge in [0.15, 0.2) is 0 Å². The van der Waals surface area contributed by atoms with Gasteiger partial charge in [0, 0.05) is 31.2 Å². The van der Waals surface area contributed by atoms with Gasteiger partial charge >= 0.3 is 6.09 Å². The van der Waals surface area contributed by atoms with Gasteiger partial charge in [-0.05, 0) is 45.0 Å². The summed E-state index contributed by atoms with van der Waals surface area (Å²) in [5.74, 6) is 0.660. The van der Waals surface area contributed by atoms with Crippen molar-refractivity contribution in [1.82, 2.24) is 15.1 Å². The molecule has 1 aliphatic heterocycles. The van der Waals surface area contributed by atoms with Gasteiger partial charge in [-0.1, -0.05) is 11.6 Å². The van der Waals surface area contributed by atoms with E-state index in [1.54, 1.807) is 29.2 Å². The van der Waals surface area contributed by atoms with E-state index in [2.05, 4.69) is 5.32 Å². The van der Waals surface area contributed by atoms with Crippen LogP contribution in [-0.4, -0.2) is 73.3 Å². The van der Waals surface area contributed by atoms with E-state index >= 15 is 0 Å². The van der Waals surface area contributed by atoms with E-state index in [1.165, 1.54) is 0 Å². The predicted octanol–water partition coefficient (Wildman–Crippen LogP) is 2.39. The Hall–Kier alpha value is -1.99. The second kappa shape index (κ2) is 9.80. The lowest BCUT2D eigenvalue weighted by atomic mass is 10.2. The van der Waals surface area contributed by atoms with Gasteiger partial charge in [0.2, 0.25) is 5.91 Å². The van der Waals surface area contributed by atoms with Crippen molar-refractivity contribution in [2.75, 3.05) is 45.9 Å². The highest BCUT2D eigenvalue weighted by Gasteiger charge is 2.26. The van der Waals surface area contributed by atoms with Crippen LogP contribution in [0.2, 0.25) is 5.02 Å². The molecule has 2 amide bonds. The summed E-state index contributed by atoms with van der Waals surface area (Å²) in [6, 6.07) is 7.08. The first-order chi connectivity index (χ1) is 12.7. The summed E-state index contributed by atoms with van der Waals surface area (Å²) in [5.41, 5.74) is -0.498. The Morgan fingerprint density at radius 3 is 2.33 bits per heavy atom. The number of halogens is 1. The summed E-state index contributed by atoms with van der Waals surface area (Å²) in [6.45, 7) is 9.08. The van der Waals surface area contributed by atoms with Gasteiger partial charge in [-0.25, -0.2) is 4.79 Å². The predicted molar refractivity (Wildman–Crippen MR) is 104 cm³/mol. The molecule has 0 unspecified atom stereocenters. The van der Waals surface area contributed by atoms with E-state index in [1.807, 2.05) is 25.7 Å². The number of nitrogens with zero attached hydrogens (tertiary/aromatic N) is 2. The molecule has 27 heavy (non-hydrogen) atoms. The summed E-state index contributed by atoms with van der Waals surface area (Å²) in [6.07, 6.45) is -0.300. The number of hydrogen-bond donors (Lipinski definition) is 1. The van der Waals surface area contributed by atoms with Crippen molar-refractivity contribution < 1.29 is 19.1 Å². The maximum atomic E-state index is 12.0. The van der Waals surface area contributed by atoms with E-state index in [0.717, 1.165) is 0 Å². The molecule has 0 radical (unpaired) electrons. The van der Waals surface area contributed by atoms with Crippen LogP contribution in [0, 0.1) is 0 Å². The monoisotopic (exact) mass is 397 g/mol. The molecular weight excluding hydrogens is 370 g/mol. The van der Waals surface area contributed by atoms with Crippen LogP contribution in [0.3, 0.4) is 0 Å². The lowest BCUT2D eigenvalue weighted by molar-refractivity contribution is -0.122. The zero-order chi connectivity index (χ0) is 19.9. The standard InChI is InChI=1S/C19H28ClN3O4/c1-19(2,3)27-18(25)23-11-9-22(10-12-23)14-17(24)21-8-13-26-16-6-4-15(20)5-7-16/h4-7H,8-14H2,1-3H3,(H,21,24). The number of amides is 2. The SMILES string of the molecule is CC(C)(C)OC(=O)N1CCN(CC(=O)NCCOc2ccc(Cl)cc2)CC1. The molecule has 150 valence electrons. The minimum atomic E-state index is -0.498. The Kier molecular flexibility index (Phi) is 7.74. The van der Waals surface area contributed by atoms with Crippen LogP contribution in [0.4, 0.5) is 4.79 Å². The van der Waals surface area contributed by atoms with Crippen molar-refractivity contribution in [3.8, 4) is 5.75 Å². The van der Waals surface area contributed by atoms with Crippen molar-refractivity contribution in [1.29, 1.82) is 0 Å². The first kappa shape index (κ1) is 21.3. The summed E-state index contributed by atoms with van der Waals surface area (Å²) in [4.78, 5) is 27.8. The number of carbonyl (C=O) groups excluding carboxylic acids is 2. The molecule has 1 saturated heterocycles. The summed E-state index contributed by atoms with van der Waals surface area (Å²) < 4.78 is 10.9. The van der Waals surface area contributed by atoms with Crippen LogP contribution in [0.15, 0.2) is 24.3 Å². The van der Waals surface area contributed by atoms with Crippen molar-refractivity contribution in [2.45, 2.75) is 26.4 Å². The lowest BCUT2D eigenvalue weighted by Gasteiger charge is -2.35. The zero-order valence-electron chi connectivity index (χ0n) is 16.2. The molecule has 1 fully saturated rings. The third-order valence-electron chi connectivity index (χ3n) is 3.90. The Labute approximate surface area is 165 Å². The third kappa shape index (κ3) is 8.05. The average molecular weight is 398 g/mol. The molecule has 0 aliphatic carbocycles. The fourth-order valence-corrected chi connectivity index (χ4v) is 2.69. The van der Waals surface area contributed by atoms with Gasteiger partial charge in [0.05, 0.1) is 13.1 Å². The second-order valence-corrected chi connectivity index (χ2v) is 7.83. The number of ether oxygens (including phenoxy) is 2. The first-order valence-electron chi connectivity index (χ1n) is 9.08. The maximum absolute atomic E-state index is 12.0. The second-order valence-electron chi connectivity index (χ2n) is 7.40. The Bertz CT molecular complexity index is 623. The molecule has 8 heteroatoms. The van der Waals surface area contributed by atoms with Gasteiger partial charge < -0.3 is 19.7 Å². The molecule has 1 heterocycles. The highest BCUT2D eigenvalue weighted by molar-refractivity contribution is 6.30. The molecule has 0 saturated carbocycles. The topological polar surface area (TPSA) is 71.1 Å². The van der Waals surface area contributed by atoms with Gasteiger partial charge in [-0.15, -0.1) is 0 Å². The molecule has 0 bridgehead atoms. The molecule has 7 nitrogen and oxygen atoms in total. The fourth-order valence-electron chi connectivity index (χ4n) is 2.56. The van der Waals surface area contributed by atoms with Gasteiger partial charge in [-0.2, -0.15) is 0 Å². The lowest BCUT2D eigenvalue weighted by Crippen LogP contribution is -2.52. The van der Waals surface area contributed by atoms with Crippen LogP contribution >= 0.6 is 11.6 Å². The van der Waals surface area contributed by atoms with Crippen molar-refractivity contribution in [2.24, 2.45) is 0 Å². The molecule has 0 atom stereocenters. The summed E-state index contributed by atoms with van der Waals surface area (Å²) in [7, 11) is 0. The largest absolute Gasteiger partial charge is 0.492 e. The summed E-state index contributed by atoms with van der Waals surface area (Å²) >= 11 is 5.82. The Morgan fingerprint density at radius 1 is 1.11 bits per heavy atom. The number of carbonyl (C=O) groups is 2. The Balaban J connectivity index is 1.60. The van der Waals surface area contributed by atoms with Gasteiger partial charge in [0.25, 0.3) is 0 Å². The minimum absolute atomic E-state index is 0.0552. The normalized spacial score (nSPS) is 15.3. The molecule has 1 aromatic carbocycles. The van der Waals surface area contributed by atoms with Crippen LogP contribution < -0.4 is 10.1 Å². The number of hydrogen-bond acceptors (Lipinski definition) is 5. The fraction of sp³-hybridized carbons (Fsp3) is 0.579. The van der Waals surface area contributed by atoms with Crippen LogP contribution in [-0.2, 0) is 9.53 Å². The smallest absolute Gasteiger partial charge is 0.410 e. The third-order valence-corrected chi connectivity index (χ3v) is 4.15. The highest BCUT2D eigenvalue weighted by Crippen LogP contribution is 2.15. The van der Waals surface area contributed by atoms with Crippen molar-refractivity contribution in [3.05, 3.63) is 29.3 Å².